The molecule has 2 heterocycles. The monoisotopic (exact) mass is 450 g/mol. The van der Waals surface area contributed by atoms with E-state index < -0.39 is 40.8 Å². The summed E-state index contributed by atoms with van der Waals surface area (Å²) in [6.07, 6.45) is -7.34. The van der Waals surface area contributed by atoms with Gasteiger partial charge >= 0.3 is 12.4 Å². The van der Waals surface area contributed by atoms with Crippen molar-refractivity contribution in [2.24, 2.45) is 0 Å². The first-order valence-corrected chi connectivity index (χ1v) is 9.12. The molecule has 0 aliphatic rings. The van der Waals surface area contributed by atoms with Crippen LogP contribution in [0.2, 0.25) is 0 Å². The molecule has 0 aliphatic carbocycles. The third kappa shape index (κ3) is 3.81. The minimum absolute atomic E-state index is 0.158. The van der Waals surface area contributed by atoms with Gasteiger partial charge in [0.2, 0.25) is 0 Å². The fourth-order valence-electron chi connectivity index (χ4n) is 3.43. The Morgan fingerprint density at radius 2 is 0.938 bits per heavy atom. The highest BCUT2D eigenvalue weighted by Crippen LogP contribution is 2.41. The van der Waals surface area contributed by atoms with E-state index in [2.05, 4.69) is 0 Å². The van der Waals surface area contributed by atoms with Crippen molar-refractivity contribution in [2.45, 2.75) is 12.4 Å². The summed E-state index contributed by atoms with van der Waals surface area (Å²) in [4.78, 5) is 13.1. The Labute approximate surface area is 176 Å². The van der Waals surface area contributed by atoms with Crippen molar-refractivity contribution in [3.63, 3.8) is 0 Å². The molecule has 0 bridgehead atoms. The predicted molar refractivity (Wildman–Crippen MR) is 102 cm³/mol. The van der Waals surface area contributed by atoms with E-state index in [-0.39, 0.29) is 22.3 Å². The number of alkyl halides is 6. The van der Waals surface area contributed by atoms with Gasteiger partial charge in [-0.15, -0.1) is 0 Å². The molecule has 2 aromatic carbocycles. The molecule has 0 N–H and O–H groups in total. The topological polar surface area (TPSA) is 43.4 Å². The second kappa shape index (κ2) is 7.74. The summed E-state index contributed by atoms with van der Waals surface area (Å²) in [6, 6.07) is 11.6. The molecule has 4 rings (SSSR count). The van der Waals surface area contributed by atoms with Gasteiger partial charge in [0.1, 0.15) is 0 Å². The summed E-state index contributed by atoms with van der Waals surface area (Å²) in [7, 11) is 0. The maximum atomic E-state index is 13.4. The van der Waals surface area contributed by atoms with Crippen LogP contribution in [-0.4, -0.2) is 5.78 Å². The standard InChI is InChI=1S/C23H12F6O3/c24-22(25,26)17-7-3-1-5-13(17)15-9-11-31-20(15)19(30)21-16(10-12-32-21)14-6-2-4-8-18(14)23(27,28)29/h1-12H. The van der Waals surface area contributed by atoms with Crippen LogP contribution in [0.3, 0.4) is 0 Å². The molecule has 0 unspecified atom stereocenters. The molecule has 2 aromatic heterocycles. The highest BCUT2D eigenvalue weighted by Gasteiger charge is 2.37. The predicted octanol–water partition coefficient (Wildman–Crippen LogP) is 7.48. The van der Waals surface area contributed by atoms with Gasteiger partial charge in [-0.1, -0.05) is 36.4 Å². The van der Waals surface area contributed by atoms with Crippen LogP contribution in [0.4, 0.5) is 26.3 Å². The average molecular weight is 450 g/mol. The molecule has 164 valence electrons. The number of ketones is 1. The van der Waals surface area contributed by atoms with Crippen LogP contribution in [0.1, 0.15) is 27.4 Å². The van der Waals surface area contributed by atoms with Gasteiger partial charge in [-0.3, -0.25) is 4.79 Å². The zero-order valence-electron chi connectivity index (χ0n) is 15.9. The van der Waals surface area contributed by atoms with E-state index in [0.29, 0.717) is 0 Å². The van der Waals surface area contributed by atoms with Crippen LogP contribution in [0.15, 0.2) is 82.0 Å². The van der Waals surface area contributed by atoms with Crippen molar-refractivity contribution >= 4 is 5.78 Å². The summed E-state index contributed by atoms with van der Waals surface area (Å²) < 4.78 is 91.0. The Hall–Kier alpha value is -3.75. The maximum Gasteiger partial charge on any atom is 0.417 e. The van der Waals surface area contributed by atoms with Gasteiger partial charge in [0, 0.05) is 11.1 Å². The number of carbonyl (C=O) groups excluding carboxylic acids is 1. The van der Waals surface area contributed by atoms with Crippen LogP contribution in [0.25, 0.3) is 22.3 Å². The summed E-state index contributed by atoms with van der Waals surface area (Å²) in [5.41, 5.74) is -2.90. The van der Waals surface area contributed by atoms with E-state index in [0.717, 1.165) is 24.7 Å². The van der Waals surface area contributed by atoms with E-state index in [1.165, 1.54) is 48.5 Å². The van der Waals surface area contributed by atoms with Gasteiger partial charge in [-0.25, -0.2) is 0 Å². The summed E-state index contributed by atoms with van der Waals surface area (Å²) in [6.45, 7) is 0. The smallest absolute Gasteiger partial charge is 0.417 e. The highest BCUT2D eigenvalue weighted by molar-refractivity contribution is 6.12. The van der Waals surface area contributed by atoms with Gasteiger partial charge in [-0.2, -0.15) is 26.3 Å². The number of rotatable bonds is 4. The third-order valence-corrected chi connectivity index (χ3v) is 4.79. The lowest BCUT2D eigenvalue weighted by molar-refractivity contribution is -0.137. The molecule has 9 heteroatoms. The quantitative estimate of drug-likeness (QED) is 0.239. The minimum Gasteiger partial charge on any atom is -0.460 e. The largest absolute Gasteiger partial charge is 0.460 e. The van der Waals surface area contributed by atoms with Crippen molar-refractivity contribution in [1.82, 2.24) is 0 Å². The van der Waals surface area contributed by atoms with Crippen molar-refractivity contribution in [3.8, 4) is 22.3 Å². The van der Waals surface area contributed by atoms with Gasteiger partial charge in [-0.05, 0) is 35.4 Å². The van der Waals surface area contributed by atoms with E-state index in [4.69, 9.17) is 8.83 Å². The molecule has 0 saturated carbocycles. The van der Waals surface area contributed by atoms with Gasteiger partial charge in [0.15, 0.2) is 11.5 Å². The summed E-state index contributed by atoms with van der Waals surface area (Å²) in [5, 5.41) is 0. The number of carbonyl (C=O) groups is 1. The first kappa shape index (κ1) is 21.5. The molecule has 32 heavy (non-hydrogen) atoms. The second-order valence-corrected chi connectivity index (χ2v) is 6.74. The first-order chi connectivity index (χ1) is 15.1. The molecule has 0 fully saturated rings. The Morgan fingerprint density at radius 1 is 0.562 bits per heavy atom. The Balaban J connectivity index is 1.83. The van der Waals surface area contributed by atoms with Gasteiger partial charge < -0.3 is 8.83 Å². The lowest BCUT2D eigenvalue weighted by Crippen LogP contribution is -2.09. The normalized spacial score (nSPS) is 12.2. The van der Waals surface area contributed by atoms with Crippen LogP contribution < -0.4 is 0 Å². The first-order valence-electron chi connectivity index (χ1n) is 9.12. The number of hydrogen-bond donors (Lipinski definition) is 0. The Bertz CT molecular complexity index is 1180. The van der Waals surface area contributed by atoms with Crippen molar-refractivity contribution in [3.05, 3.63) is 95.8 Å². The fourth-order valence-corrected chi connectivity index (χ4v) is 3.43. The summed E-state index contributed by atoms with van der Waals surface area (Å²) in [5.74, 6) is -1.95. The zero-order valence-corrected chi connectivity index (χ0v) is 15.9. The molecule has 0 amide bonds. The minimum atomic E-state index is -4.70. The van der Waals surface area contributed by atoms with Crippen LogP contribution in [0.5, 0.6) is 0 Å². The van der Waals surface area contributed by atoms with Crippen LogP contribution in [-0.2, 0) is 12.4 Å². The Morgan fingerprint density at radius 3 is 1.31 bits per heavy atom. The third-order valence-electron chi connectivity index (χ3n) is 4.79. The van der Waals surface area contributed by atoms with Crippen molar-refractivity contribution in [2.75, 3.05) is 0 Å². The fraction of sp³-hybridized carbons (Fsp3) is 0.0870. The molecule has 0 atom stereocenters. The zero-order chi connectivity index (χ0) is 23.1. The molecular weight excluding hydrogens is 438 g/mol. The lowest BCUT2D eigenvalue weighted by atomic mass is 9.95. The molecular formula is C23H12F6O3. The highest BCUT2D eigenvalue weighted by atomic mass is 19.4. The number of benzene rings is 2. The number of hydrogen-bond acceptors (Lipinski definition) is 3. The summed E-state index contributed by atoms with van der Waals surface area (Å²) >= 11 is 0. The van der Waals surface area contributed by atoms with Gasteiger partial charge in [0.25, 0.3) is 5.78 Å². The van der Waals surface area contributed by atoms with Crippen LogP contribution >= 0.6 is 0 Å². The Kier molecular flexibility index (Phi) is 5.20. The van der Waals surface area contributed by atoms with E-state index >= 15 is 0 Å². The molecule has 0 aliphatic heterocycles. The van der Waals surface area contributed by atoms with E-state index in [1.807, 2.05) is 0 Å². The van der Waals surface area contributed by atoms with E-state index in [9.17, 15) is 31.1 Å². The lowest BCUT2D eigenvalue weighted by Gasteiger charge is -2.13. The van der Waals surface area contributed by atoms with Crippen molar-refractivity contribution < 1.29 is 40.0 Å². The molecule has 3 nitrogen and oxygen atoms in total. The molecule has 0 spiro atoms. The number of furan rings is 2. The van der Waals surface area contributed by atoms with Crippen LogP contribution in [0, 0.1) is 0 Å². The molecule has 0 saturated heterocycles. The molecule has 4 aromatic rings. The van der Waals surface area contributed by atoms with E-state index in [1.54, 1.807) is 0 Å². The number of halogens is 6. The SMILES string of the molecule is O=C(c1occc1-c1ccccc1C(F)(F)F)c1occc1-c1ccccc1C(F)(F)F. The van der Waals surface area contributed by atoms with Crippen molar-refractivity contribution in [1.29, 1.82) is 0 Å². The van der Waals surface area contributed by atoms with Gasteiger partial charge in [0.05, 0.1) is 23.7 Å². The second-order valence-electron chi connectivity index (χ2n) is 6.74. The maximum absolute atomic E-state index is 13.4. The average Bonchev–Trinajstić information content (AvgIpc) is 3.42. The molecule has 0 radical (unpaired) electrons.